The van der Waals surface area contributed by atoms with Gasteiger partial charge in [-0.15, -0.1) is 11.3 Å². The predicted octanol–water partition coefficient (Wildman–Crippen LogP) is 3.24. The molecule has 0 spiro atoms. The first-order chi connectivity index (χ1) is 8.78. The number of aliphatic imine (C=N–C) groups is 1. The summed E-state index contributed by atoms with van der Waals surface area (Å²) in [5.74, 6) is 0.452. The van der Waals surface area contributed by atoms with Gasteiger partial charge in [-0.05, 0) is 35.6 Å². The summed E-state index contributed by atoms with van der Waals surface area (Å²) in [5.41, 5.74) is 8.12. The monoisotopic (exact) mass is 259 g/mol. The molecule has 1 heterocycles. The highest BCUT2D eigenvalue weighted by Gasteiger charge is 1.96. The number of hydrogen-bond donors (Lipinski definition) is 2. The van der Waals surface area contributed by atoms with Crippen molar-refractivity contribution in [2.24, 2.45) is 10.7 Å². The fraction of sp³-hybridized carbons (Fsp3) is 0.214. The van der Waals surface area contributed by atoms with E-state index in [4.69, 9.17) is 5.73 Å². The van der Waals surface area contributed by atoms with Crippen molar-refractivity contribution in [1.82, 2.24) is 0 Å². The summed E-state index contributed by atoms with van der Waals surface area (Å²) in [5, 5.41) is 5.13. The average molecular weight is 259 g/mol. The second-order valence-electron chi connectivity index (χ2n) is 3.96. The highest BCUT2D eigenvalue weighted by Crippen LogP contribution is 2.11. The lowest BCUT2D eigenvalue weighted by Crippen LogP contribution is -2.22. The molecular formula is C14H17N3S. The lowest BCUT2D eigenvalue weighted by molar-refractivity contribution is 1.09. The number of anilines is 1. The molecule has 1 aromatic carbocycles. The largest absolute Gasteiger partial charge is 0.370 e. The number of aryl methyl sites for hydroxylation is 1. The average Bonchev–Trinajstić information content (AvgIpc) is 2.90. The Morgan fingerprint density at radius 2 is 2.06 bits per heavy atom. The fourth-order valence-electron chi connectivity index (χ4n) is 1.58. The molecule has 0 saturated carbocycles. The van der Waals surface area contributed by atoms with Gasteiger partial charge < -0.3 is 11.1 Å². The summed E-state index contributed by atoms with van der Waals surface area (Å²) < 4.78 is 0. The van der Waals surface area contributed by atoms with Crippen molar-refractivity contribution < 1.29 is 0 Å². The van der Waals surface area contributed by atoms with Gasteiger partial charge in [-0.2, -0.15) is 0 Å². The molecule has 2 aromatic rings. The van der Waals surface area contributed by atoms with Gasteiger partial charge in [-0.3, -0.25) is 0 Å². The number of nitrogens with zero attached hydrogens (tertiary/aromatic N) is 1. The highest BCUT2D eigenvalue weighted by atomic mass is 32.1. The van der Waals surface area contributed by atoms with Crippen molar-refractivity contribution in [2.45, 2.75) is 19.9 Å². The SMILES string of the molecule is CCc1ccc(NC(N)=NCc2cccs2)cc1. The van der Waals surface area contributed by atoms with Crippen LogP contribution in [0.4, 0.5) is 5.69 Å². The van der Waals surface area contributed by atoms with Crippen molar-refractivity contribution in [1.29, 1.82) is 0 Å². The van der Waals surface area contributed by atoms with Crippen LogP contribution < -0.4 is 11.1 Å². The van der Waals surface area contributed by atoms with Gasteiger partial charge in [0.1, 0.15) is 0 Å². The third-order valence-corrected chi connectivity index (χ3v) is 3.48. The van der Waals surface area contributed by atoms with E-state index in [-0.39, 0.29) is 0 Å². The van der Waals surface area contributed by atoms with Crippen LogP contribution in [0.15, 0.2) is 46.8 Å². The van der Waals surface area contributed by atoms with E-state index in [1.165, 1.54) is 10.4 Å². The second kappa shape index (κ2) is 6.21. The van der Waals surface area contributed by atoms with Gasteiger partial charge in [0.25, 0.3) is 0 Å². The molecule has 0 unspecified atom stereocenters. The van der Waals surface area contributed by atoms with Crippen LogP contribution in [-0.2, 0) is 13.0 Å². The first-order valence-corrected chi connectivity index (χ1v) is 6.84. The molecule has 0 radical (unpaired) electrons. The normalized spacial score (nSPS) is 11.5. The molecule has 0 atom stereocenters. The summed E-state index contributed by atoms with van der Waals surface area (Å²) in [6.07, 6.45) is 1.04. The van der Waals surface area contributed by atoms with Crippen molar-refractivity contribution >= 4 is 23.0 Å². The molecule has 94 valence electrons. The van der Waals surface area contributed by atoms with Crippen molar-refractivity contribution in [3.8, 4) is 0 Å². The molecule has 0 aliphatic rings. The molecule has 0 fully saturated rings. The summed E-state index contributed by atoms with van der Waals surface area (Å²) in [6, 6.07) is 12.3. The zero-order chi connectivity index (χ0) is 12.8. The van der Waals surface area contributed by atoms with E-state index >= 15 is 0 Å². The molecule has 0 bridgehead atoms. The Bertz CT molecular complexity index is 500. The number of thiophene rings is 1. The summed E-state index contributed by atoms with van der Waals surface area (Å²) in [6.45, 7) is 2.77. The fourth-order valence-corrected chi connectivity index (χ4v) is 2.20. The molecule has 0 aliphatic carbocycles. The second-order valence-corrected chi connectivity index (χ2v) is 4.99. The number of benzene rings is 1. The quantitative estimate of drug-likeness (QED) is 0.654. The van der Waals surface area contributed by atoms with Gasteiger partial charge in [0, 0.05) is 10.6 Å². The maximum absolute atomic E-state index is 5.84. The Morgan fingerprint density at radius 3 is 2.67 bits per heavy atom. The highest BCUT2D eigenvalue weighted by molar-refractivity contribution is 7.09. The number of hydrogen-bond acceptors (Lipinski definition) is 2. The smallest absolute Gasteiger partial charge is 0.193 e. The molecule has 1 aromatic heterocycles. The van der Waals surface area contributed by atoms with Gasteiger partial charge in [-0.1, -0.05) is 25.1 Å². The number of nitrogens with two attached hydrogens (primary N) is 1. The first-order valence-electron chi connectivity index (χ1n) is 5.96. The summed E-state index contributed by atoms with van der Waals surface area (Å²) in [7, 11) is 0. The first kappa shape index (κ1) is 12.6. The van der Waals surface area contributed by atoms with Crippen molar-refractivity contribution in [3.05, 3.63) is 52.2 Å². The maximum atomic E-state index is 5.84. The van der Waals surface area contributed by atoms with Crippen LogP contribution in [0, 0.1) is 0 Å². The Morgan fingerprint density at radius 1 is 1.28 bits per heavy atom. The van der Waals surface area contributed by atoms with Crippen LogP contribution in [-0.4, -0.2) is 5.96 Å². The van der Waals surface area contributed by atoms with E-state index in [0.29, 0.717) is 12.5 Å². The molecule has 0 amide bonds. The Hall–Kier alpha value is -1.81. The molecule has 0 aliphatic heterocycles. The van der Waals surface area contributed by atoms with Crippen LogP contribution in [0.5, 0.6) is 0 Å². The molecule has 3 N–H and O–H groups in total. The van der Waals surface area contributed by atoms with Crippen LogP contribution >= 0.6 is 11.3 Å². The Labute approximate surface area is 111 Å². The number of nitrogens with one attached hydrogen (secondary N) is 1. The maximum Gasteiger partial charge on any atom is 0.193 e. The van der Waals surface area contributed by atoms with Gasteiger partial charge in [0.05, 0.1) is 6.54 Å². The van der Waals surface area contributed by atoms with Gasteiger partial charge in [-0.25, -0.2) is 4.99 Å². The van der Waals surface area contributed by atoms with Gasteiger partial charge in [0.2, 0.25) is 0 Å². The van der Waals surface area contributed by atoms with Crippen molar-refractivity contribution in [3.63, 3.8) is 0 Å². The molecule has 2 rings (SSSR count). The van der Waals surface area contributed by atoms with Crippen LogP contribution in [0.25, 0.3) is 0 Å². The van der Waals surface area contributed by atoms with E-state index in [1.54, 1.807) is 11.3 Å². The predicted molar refractivity (Wildman–Crippen MR) is 79.1 cm³/mol. The molecule has 0 saturated heterocycles. The minimum absolute atomic E-state index is 0.452. The lowest BCUT2D eigenvalue weighted by atomic mass is 10.1. The Balaban J connectivity index is 1.93. The van der Waals surface area contributed by atoms with Gasteiger partial charge in [0.15, 0.2) is 5.96 Å². The zero-order valence-corrected chi connectivity index (χ0v) is 11.2. The molecular weight excluding hydrogens is 242 g/mol. The summed E-state index contributed by atoms with van der Waals surface area (Å²) >= 11 is 1.69. The Kier molecular flexibility index (Phi) is 4.36. The number of rotatable bonds is 4. The summed E-state index contributed by atoms with van der Waals surface area (Å²) in [4.78, 5) is 5.51. The molecule has 18 heavy (non-hydrogen) atoms. The van der Waals surface area contributed by atoms with Crippen LogP contribution in [0.3, 0.4) is 0 Å². The standard InChI is InChI=1S/C14H17N3S/c1-2-11-5-7-12(8-6-11)17-14(15)16-10-13-4-3-9-18-13/h3-9H,2,10H2,1H3,(H3,15,16,17). The van der Waals surface area contributed by atoms with E-state index < -0.39 is 0 Å². The van der Waals surface area contributed by atoms with Crippen LogP contribution in [0.1, 0.15) is 17.4 Å². The minimum Gasteiger partial charge on any atom is -0.370 e. The lowest BCUT2D eigenvalue weighted by Gasteiger charge is -2.06. The van der Waals surface area contributed by atoms with E-state index in [0.717, 1.165) is 12.1 Å². The van der Waals surface area contributed by atoms with E-state index in [2.05, 4.69) is 35.4 Å². The molecule has 3 nitrogen and oxygen atoms in total. The van der Waals surface area contributed by atoms with Crippen molar-refractivity contribution in [2.75, 3.05) is 5.32 Å². The third-order valence-electron chi connectivity index (χ3n) is 2.62. The van der Waals surface area contributed by atoms with E-state index in [1.807, 2.05) is 23.6 Å². The molecule has 4 heteroatoms. The third kappa shape index (κ3) is 3.60. The minimum atomic E-state index is 0.452. The zero-order valence-electron chi connectivity index (χ0n) is 10.4. The number of guanidine groups is 1. The van der Waals surface area contributed by atoms with Gasteiger partial charge >= 0.3 is 0 Å². The van der Waals surface area contributed by atoms with E-state index in [9.17, 15) is 0 Å². The topological polar surface area (TPSA) is 50.4 Å². The van der Waals surface area contributed by atoms with Crippen LogP contribution in [0.2, 0.25) is 0 Å².